The molecule has 1 saturated carbocycles. The molecule has 6 nitrogen and oxygen atoms in total. The molecule has 3 rings (SSSR count). The first-order chi connectivity index (χ1) is 13.3. The van der Waals surface area contributed by atoms with Crippen LogP contribution in [-0.2, 0) is 0 Å². The van der Waals surface area contributed by atoms with Gasteiger partial charge in [0.25, 0.3) is 5.91 Å². The highest BCUT2D eigenvalue weighted by Crippen LogP contribution is 2.25. The molecule has 0 radical (unpaired) electrons. The van der Waals surface area contributed by atoms with E-state index in [1.807, 2.05) is 32.1 Å². The van der Waals surface area contributed by atoms with Crippen molar-refractivity contribution in [3.63, 3.8) is 0 Å². The molecule has 0 aliphatic heterocycles. The van der Waals surface area contributed by atoms with E-state index in [2.05, 4.69) is 36.5 Å². The van der Waals surface area contributed by atoms with Gasteiger partial charge in [0.05, 0.1) is 5.02 Å². The van der Waals surface area contributed by atoms with Crippen molar-refractivity contribution in [3.05, 3.63) is 45.0 Å². The summed E-state index contributed by atoms with van der Waals surface area (Å²) in [7, 11) is 3.96. The van der Waals surface area contributed by atoms with Crippen molar-refractivity contribution in [2.45, 2.75) is 44.7 Å². The Kier molecular flexibility index (Phi) is 8.55. The van der Waals surface area contributed by atoms with Crippen molar-refractivity contribution in [2.24, 2.45) is 0 Å². The molecule has 158 valence electrons. The average Bonchev–Trinajstić information content (AvgIpc) is 2.66. The number of hydrogen-bond acceptors (Lipinski definition) is 5. The molecular weight excluding hydrogens is 477 g/mol. The molecule has 1 aliphatic rings. The highest BCUT2D eigenvalue weighted by molar-refractivity contribution is 9.10. The van der Waals surface area contributed by atoms with E-state index in [0.29, 0.717) is 22.6 Å². The van der Waals surface area contributed by atoms with Crippen molar-refractivity contribution < 1.29 is 4.79 Å². The van der Waals surface area contributed by atoms with Crippen molar-refractivity contribution in [3.8, 4) is 0 Å². The number of benzene rings is 1. The Labute approximate surface area is 191 Å². The van der Waals surface area contributed by atoms with Gasteiger partial charge in [0, 0.05) is 48.0 Å². The number of halogens is 3. The maximum atomic E-state index is 12.5. The molecule has 0 spiro atoms. The van der Waals surface area contributed by atoms with Crippen LogP contribution in [0.25, 0.3) is 0 Å². The normalized spacial score (nSPS) is 18.5. The van der Waals surface area contributed by atoms with E-state index in [4.69, 9.17) is 11.6 Å². The molecule has 9 heteroatoms. The van der Waals surface area contributed by atoms with Gasteiger partial charge in [-0.25, -0.2) is 4.98 Å². The van der Waals surface area contributed by atoms with E-state index in [-0.39, 0.29) is 24.4 Å². The van der Waals surface area contributed by atoms with Gasteiger partial charge in [-0.05, 0) is 66.7 Å². The summed E-state index contributed by atoms with van der Waals surface area (Å²) in [4.78, 5) is 23.5. The van der Waals surface area contributed by atoms with Gasteiger partial charge < -0.3 is 15.5 Å². The van der Waals surface area contributed by atoms with Crippen LogP contribution < -0.4 is 15.5 Å². The highest BCUT2D eigenvalue weighted by atomic mass is 79.9. The first kappa shape index (κ1) is 23.7. The van der Waals surface area contributed by atoms with E-state index < -0.39 is 0 Å². The van der Waals surface area contributed by atoms with E-state index in [1.54, 1.807) is 18.2 Å². The van der Waals surface area contributed by atoms with Crippen LogP contribution in [0.2, 0.25) is 5.02 Å². The van der Waals surface area contributed by atoms with Crippen molar-refractivity contribution in [2.75, 3.05) is 24.3 Å². The molecule has 0 saturated heterocycles. The molecule has 1 aromatic carbocycles. The molecule has 0 atom stereocenters. The number of rotatable bonds is 5. The Morgan fingerprint density at radius 3 is 2.48 bits per heavy atom. The summed E-state index contributed by atoms with van der Waals surface area (Å²) in [6, 6.07) is 5.71. The highest BCUT2D eigenvalue weighted by Gasteiger charge is 2.23. The van der Waals surface area contributed by atoms with Gasteiger partial charge in [-0.3, -0.25) is 4.79 Å². The Morgan fingerprint density at radius 2 is 1.86 bits per heavy atom. The average molecular weight is 503 g/mol. The Bertz CT molecular complexity index is 857. The SMILES string of the molecule is Cc1cnc(N[C@H]2CC[C@@H](NC(=O)c3ccc(Cl)c(Br)c3)CC2)nc1N(C)C.Cl. The number of carbonyl (C=O) groups is 1. The third-order valence-electron chi connectivity index (χ3n) is 4.95. The maximum Gasteiger partial charge on any atom is 0.251 e. The number of aryl methyl sites for hydroxylation is 1. The first-order valence-electron chi connectivity index (χ1n) is 9.37. The van der Waals surface area contributed by atoms with Crippen LogP contribution in [0.5, 0.6) is 0 Å². The molecule has 29 heavy (non-hydrogen) atoms. The van der Waals surface area contributed by atoms with Gasteiger partial charge in [-0.15, -0.1) is 12.4 Å². The van der Waals surface area contributed by atoms with Gasteiger partial charge >= 0.3 is 0 Å². The minimum atomic E-state index is -0.0636. The lowest BCUT2D eigenvalue weighted by Gasteiger charge is -2.30. The number of anilines is 2. The monoisotopic (exact) mass is 501 g/mol. The second-order valence-electron chi connectivity index (χ2n) is 7.39. The lowest BCUT2D eigenvalue weighted by Crippen LogP contribution is -2.40. The number of carbonyl (C=O) groups excluding carboxylic acids is 1. The Morgan fingerprint density at radius 1 is 1.21 bits per heavy atom. The summed E-state index contributed by atoms with van der Waals surface area (Å²) in [6.45, 7) is 2.01. The molecule has 0 bridgehead atoms. The Hall–Kier alpha value is -1.57. The fourth-order valence-electron chi connectivity index (χ4n) is 3.43. The maximum absolute atomic E-state index is 12.5. The van der Waals surface area contributed by atoms with Gasteiger partial charge in [0.1, 0.15) is 5.82 Å². The lowest BCUT2D eigenvalue weighted by atomic mass is 9.91. The zero-order chi connectivity index (χ0) is 20.3. The van der Waals surface area contributed by atoms with E-state index in [0.717, 1.165) is 41.5 Å². The Balaban J connectivity index is 0.00000300. The van der Waals surface area contributed by atoms with Gasteiger partial charge in [0.15, 0.2) is 0 Å². The fraction of sp³-hybridized carbons (Fsp3) is 0.450. The van der Waals surface area contributed by atoms with Crippen LogP contribution >= 0.6 is 39.9 Å². The molecule has 1 aliphatic carbocycles. The number of hydrogen-bond donors (Lipinski definition) is 2. The van der Waals surface area contributed by atoms with Gasteiger partial charge in [0.2, 0.25) is 5.95 Å². The van der Waals surface area contributed by atoms with Crippen molar-refractivity contribution >= 4 is 57.6 Å². The molecule has 2 N–H and O–H groups in total. The molecule has 0 unspecified atom stereocenters. The smallest absolute Gasteiger partial charge is 0.251 e. The molecular formula is C20H26BrCl2N5O. The van der Waals surface area contributed by atoms with Crippen LogP contribution in [0, 0.1) is 6.92 Å². The predicted octanol–water partition coefficient (Wildman–Crippen LogP) is 4.84. The van der Waals surface area contributed by atoms with Crippen LogP contribution in [0.4, 0.5) is 11.8 Å². The van der Waals surface area contributed by atoms with E-state index in [9.17, 15) is 4.79 Å². The molecule has 2 aromatic rings. The van der Waals surface area contributed by atoms with Crippen LogP contribution in [0.1, 0.15) is 41.6 Å². The van der Waals surface area contributed by atoms with Crippen LogP contribution in [-0.4, -0.2) is 42.1 Å². The van der Waals surface area contributed by atoms with Gasteiger partial charge in [-0.2, -0.15) is 4.98 Å². The minimum Gasteiger partial charge on any atom is -0.362 e. The van der Waals surface area contributed by atoms with Crippen molar-refractivity contribution in [1.29, 1.82) is 0 Å². The second kappa shape index (κ2) is 10.5. The summed E-state index contributed by atoms with van der Waals surface area (Å²) in [5, 5.41) is 7.17. The van der Waals surface area contributed by atoms with Crippen LogP contribution in [0.15, 0.2) is 28.9 Å². The molecule has 1 amide bonds. The summed E-state index contributed by atoms with van der Waals surface area (Å²) in [6.07, 6.45) is 5.61. The quantitative estimate of drug-likeness (QED) is 0.612. The molecule has 1 fully saturated rings. The predicted molar refractivity (Wildman–Crippen MR) is 125 cm³/mol. The lowest BCUT2D eigenvalue weighted by molar-refractivity contribution is 0.0926. The number of aromatic nitrogens is 2. The largest absolute Gasteiger partial charge is 0.362 e. The number of nitrogens with one attached hydrogen (secondary N) is 2. The van der Waals surface area contributed by atoms with Crippen molar-refractivity contribution in [1.82, 2.24) is 15.3 Å². The summed E-state index contributed by atoms with van der Waals surface area (Å²) in [5.74, 6) is 1.52. The summed E-state index contributed by atoms with van der Waals surface area (Å²) >= 11 is 9.36. The third-order valence-corrected chi connectivity index (χ3v) is 6.16. The first-order valence-corrected chi connectivity index (χ1v) is 10.5. The summed E-state index contributed by atoms with van der Waals surface area (Å²) in [5.41, 5.74) is 1.66. The molecule has 1 heterocycles. The standard InChI is InChI=1S/C20H25BrClN5O.ClH/c1-12-11-23-20(26-18(12)27(2)3)25-15-7-5-14(6-8-15)24-19(28)13-4-9-17(22)16(21)10-13;/h4,9-11,14-15H,5-8H2,1-3H3,(H,24,28)(H,23,25,26);1H/t14-,15+;. The number of amides is 1. The summed E-state index contributed by atoms with van der Waals surface area (Å²) < 4.78 is 0.727. The fourth-order valence-corrected chi connectivity index (χ4v) is 3.92. The minimum absolute atomic E-state index is 0. The second-order valence-corrected chi connectivity index (χ2v) is 8.65. The van der Waals surface area contributed by atoms with E-state index >= 15 is 0 Å². The topological polar surface area (TPSA) is 70.1 Å². The zero-order valence-corrected chi connectivity index (χ0v) is 19.9. The van der Waals surface area contributed by atoms with Crippen LogP contribution in [0.3, 0.4) is 0 Å². The van der Waals surface area contributed by atoms with Gasteiger partial charge in [-0.1, -0.05) is 11.6 Å². The third kappa shape index (κ3) is 6.20. The zero-order valence-electron chi connectivity index (χ0n) is 16.7. The molecule has 1 aromatic heterocycles. The number of nitrogens with zero attached hydrogens (tertiary/aromatic N) is 3. The van der Waals surface area contributed by atoms with E-state index in [1.165, 1.54) is 0 Å².